The van der Waals surface area contributed by atoms with Gasteiger partial charge in [0.2, 0.25) is 0 Å². The zero-order valence-electron chi connectivity index (χ0n) is 38.5. The molecule has 342 valence electrons. The zero-order valence-corrected chi connectivity index (χ0v) is 39.4. The number of carbonyl (C=O) groups excluding carboxylic acids is 2. The van der Waals surface area contributed by atoms with Crippen LogP contribution in [-0.2, 0) is 32.7 Å². The van der Waals surface area contributed by atoms with Gasteiger partial charge in [-0.25, -0.2) is 4.57 Å². The smallest absolute Gasteiger partial charge is 0.462 e. The molecule has 0 aromatic heterocycles. The number of esters is 2. The Kier molecular flexibility index (Phi) is 39.8. The molecule has 0 rings (SSSR count). The first-order chi connectivity index (χ1) is 28.0. The normalized spacial score (nSPS) is 13.7. The predicted molar refractivity (Wildman–Crippen MR) is 243 cm³/mol. The third-order valence-electron chi connectivity index (χ3n) is 10.5. The molecule has 0 radical (unpaired) electrons. The van der Waals surface area contributed by atoms with E-state index in [1.165, 1.54) is 135 Å². The van der Waals surface area contributed by atoms with Crippen LogP contribution in [0.4, 0.5) is 0 Å². The second kappa shape index (κ2) is 40.9. The molecule has 0 bridgehead atoms. The lowest BCUT2D eigenvalue weighted by Crippen LogP contribution is -2.37. The van der Waals surface area contributed by atoms with E-state index in [-0.39, 0.29) is 32.0 Å². The van der Waals surface area contributed by atoms with E-state index in [1.54, 1.807) is 0 Å². The zero-order chi connectivity index (χ0) is 42.8. The molecule has 0 aromatic carbocycles. The van der Waals surface area contributed by atoms with Crippen molar-refractivity contribution in [2.45, 2.75) is 225 Å². The highest BCUT2D eigenvalue weighted by Crippen LogP contribution is 2.43. The van der Waals surface area contributed by atoms with Crippen molar-refractivity contribution in [3.05, 3.63) is 24.3 Å². The summed E-state index contributed by atoms with van der Waals surface area (Å²) in [7, 11) is 1.48. The van der Waals surface area contributed by atoms with Crippen LogP contribution >= 0.6 is 7.82 Å². The number of hydrogen-bond donors (Lipinski definition) is 1. The Labute approximate surface area is 358 Å². The van der Waals surface area contributed by atoms with Crippen molar-refractivity contribution in [3.8, 4) is 0 Å². The highest BCUT2D eigenvalue weighted by Gasteiger charge is 2.27. The van der Waals surface area contributed by atoms with Crippen LogP contribution in [-0.4, -0.2) is 74.9 Å². The maximum Gasteiger partial charge on any atom is 0.472 e. The minimum absolute atomic E-state index is 0.0325. The first kappa shape index (κ1) is 56.5. The fourth-order valence-corrected chi connectivity index (χ4v) is 7.43. The SMILES string of the molecule is CCCCC/C=C/C/C=C/CCCCCCCCCC(=O)OC[C@H](COP(=O)(O)OCC[N+](C)(C)C)OC(=O)CCCCCCCCCCCCCCCCCCC. The summed E-state index contributed by atoms with van der Waals surface area (Å²) in [6.45, 7) is 4.42. The molecule has 0 aliphatic rings. The van der Waals surface area contributed by atoms with Gasteiger partial charge in [0.05, 0.1) is 27.7 Å². The number of rotatable bonds is 44. The molecule has 0 saturated carbocycles. The topological polar surface area (TPSA) is 108 Å². The summed E-state index contributed by atoms with van der Waals surface area (Å²) in [4.78, 5) is 35.5. The van der Waals surface area contributed by atoms with Gasteiger partial charge in [0.25, 0.3) is 0 Å². The summed E-state index contributed by atoms with van der Waals surface area (Å²) >= 11 is 0. The number of hydrogen-bond acceptors (Lipinski definition) is 7. The maximum absolute atomic E-state index is 12.7. The molecule has 9 nitrogen and oxygen atoms in total. The molecule has 0 spiro atoms. The van der Waals surface area contributed by atoms with Gasteiger partial charge in [-0.3, -0.25) is 18.6 Å². The van der Waals surface area contributed by atoms with Crippen LogP contribution in [0.5, 0.6) is 0 Å². The average molecular weight is 843 g/mol. The van der Waals surface area contributed by atoms with Crippen LogP contribution in [0, 0.1) is 0 Å². The molecule has 0 aromatic rings. The monoisotopic (exact) mass is 843 g/mol. The van der Waals surface area contributed by atoms with Crippen molar-refractivity contribution in [2.24, 2.45) is 0 Å². The molecule has 10 heteroatoms. The van der Waals surface area contributed by atoms with Gasteiger partial charge in [-0.1, -0.05) is 186 Å². The Balaban J connectivity index is 4.29. The Bertz CT molecular complexity index is 1040. The van der Waals surface area contributed by atoms with Crippen LogP contribution in [0.2, 0.25) is 0 Å². The van der Waals surface area contributed by atoms with Crippen LogP contribution < -0.4 is 0 Å². The van der Waals surface area contributed by atoms with Crippen molar-refractivity contribution in [2.75, 3.05) is 47.5 Å². The van der Waals surface area contributed by atoms with Gasteiger partial charge in [-0.05, 0) is 44.9 Å². The minimum atomic E-state index is -4.37. The quantitative estimate of drug-likeness (QED) is 0.0212. The fraction of sp³-hybridized carbons (Fsp3) is 0.875. The summed E-state index contributed by atoms with van der Waals surface area (Å²) < 4.78 is 34.4. The Morgan fingerprint density at radius 3 is 1.40 bits per heavy atom. The number of quaternary nitrogens is 1. The largest absolute Gasteiger partial charge is 0.472 e. The van der Waals surface area contributed by atoms with Gasteiger partial charge in [-0.15, -0.1) is 0 Å². The van der Waals surface area contributed by atoms with Crippen molar-refractivity contribution in [1.29, 1.82) is 0 Å². The van der Waals surface area contributed by atoms with Crippen molar-refractivity contribution >= 4 is 19.8 Å². The van der Waals surface area contributed by atoms with E-state index in [2.05, 4.69) is 38.2 Å². The molecule has 2 atom stereocenters. The molecule has 0 saturated heterocycles. The molecule has 0 amide bonds. The van der Waals surface area contributed by atoms with Gasteiger partial charge < -0.3 is 18.9 Å². The molecule has 0 fully saturated rings. The molecule has 1 unspecified atom stereocenters. The number of phosphoric acid groups is 1. The van der Waals surface area contributed by atoms with Gasteiger partial charge in [0.1, 0.15) is 19.8 Å². The number of allylic oxidation sites excluding steroid dienone is 4. The van der Waals surface area contributed by atoms with Crippen LogP contribution in [0.3, 0.4) is 0 Å². The molecule has 58 heavy (non-hydrogen) atoms. The van der Waals surface area contributed by atoms with E-state index in [4.69, 9.17) is 18.5 Å². The van der Waals surface area contributed by atoms with Crippen LogP contribution in [0.15, 0.2) is 24.3 Å². The third-order valence-corrected chi connectivity index (χ3v) is 11.5. The van der Waals surface area contributed by atoms with E-state index >= 15 is 0 Å². The maximum atomic E-state index is 12.7. The summed E-state index contributed by atoms with van der Waals surface area (Å²) in [5, 5.41) is 0. The third kappa shape index (κ3) is 44.1. The minimum Gasteiger partial charge on any atom is -0.462 e. The van der Waals surface area contributed by atoms with Gasteiger partial charge >= 0.3 is 19.8 Å². The molecule has 1 N–H and O–H groups in total. The van der Waals surface area contributed by atoms with Gasteiger partial charge in [0.15, 0.2) is 6.10 Å². The van der Waals surface area contributed by atoms with E-state index in [1.807, 2.05) is 21.1 Å². The molecule has 0 aliphatic carbocycles. The fourth-order valence-electron chi connectivity index (χ4n) is 6.69. The Morgan fingerprint density at radius 1 is 0.534 bits per heavy atom. The second-order valence-corrected chi connectivity index (χ2v) is 19.0. The lowest BCUT2D eigenvalue weighted by Gasteiger charge is -2.24. The summed E-state index contributed by atoms with van der Waals surface area (Å²) in [6.07, 6.45) is 45.0. The standard InChI is InChI=1S/C48H92NO8P/c1-6-8-10-12-14-16-18-20-22-24-26-28-30-32-34-36-38-40-47(50)54-44-46(45-56-58(52,53)55-43-42-49(3,4)5)57-48(51)41-39-37-35-33-31-29-27-25-23-21-19-17-15-13-11-9-7-2/h14,16,20,22,46H,6-13,15,17-19,21,23-45H2,1-5H3/p+1/b16-14+,22-20+/t46-/m1/s1. The Morgan fingerprint density at radius 2 is 0.931 bits per heavy atom. The Hall–Kier alpha value is -1.51. The van der Waals surface area contributed by atoms with Gasteiger partial charge in [0, 0.05) is 12.8 Å². The number of carbonyl (C=O) groups is 2. The summed E-state index contributed by atoms with van der Waals surface area (Å²) in [5.41, 5.74) is 0. The summed E-state index contributed by atoms with van der Waals surface area (Å²) in [6, 6.07) is 0. The number of ether oxygens (including phenoxy) is 2. The van der Waals surface area contributed by atoms with Crippen LogP contribution in [0.1, 0.15) is 219 Å². The molecule has 0 heterocycles. The highest BCUT2D eigenvalue weighted by atomic mass is 31.2. The number of phosphoric ester groups is 1. The first-order valence-electron chi connectivity index (χ1n) is 24.1. The van der Waals surface area contributed by atoms with E-state index < -0.39 is 26.5 Å². The van der Waals surface area contributed by atoms with Gasteiger partial charge in [-0.2, -0.15) is 0 Å². The van der Waals surface area contributed by atoms with E-state index in [9.17, 15) is 19.0 Å². The number of unbranched alkanes of at least 4 members (excludes halogenated alkanes) is 26. The van der Waals surface area contributed by atoms with Crippen molar-refractivity contribution in [1.82, 2.24) is 0 Å². The first-order valence-corrected chi connectivity index (χ1v) is 25.6. The van der Waals surface area contributed by atoms with E-state index in [0.29, 0.717) is 17.4 Å². The molecular formula is C48H93NO8P+. The number of nitrogens with zero attached hydrogens (tertiary/aromatic N) is 1. The molecular weight excluding hydrogens is 750 g/mol. The summed E-state index contributed by atoms with van der Waals surface area (Å²) in [5.74, 6) is -0.797. The number of likely N-dealkylation sites (N-methyl/N-ethyl adjacent to an activating group) is 1. The average Bonchev–Trinajstić information content (AvgIpc) is 3.17. The predicted octanol–water partition coefficient (Wildman–Crippen LogP) is 13.9. The lowest BCUT2D eigenvalue weighted by atomic mass is 10.0. The van der Waals surface area contributed by atoms with Crippen molar-refractivity contribution < 1.29 is 42.1 Å². The second-order valence-electron chi connectivity index (χ2n) is 17.5. The van der Waals surface area contributed by atoms with Crippen molar-refractivity contribution in [3.63, 3.8) is 0 Å². The lowest BCUT2D eigenvalue weighted by molar-refractivity contribution is -0.870. The highest BCUT2D eigenvalue weighted by molar-refractivity contribution is 7.47. The van der Waals surface area contributed by atoms with Crippen LogP contribution in [0.25, 0.3) is 0 Å². The molecule has 0 aliphatic heterocycles. The van der Waals surface area contributed by atoms with E-state index in [0.717, 1.165) is 51.4 Å².